The predicted octanol–water partition coefficient (Wildman–Crippen LogP) is 4.05. The van der Waals surface area contributed by atoms with E-state index in [1.807, 2.05) is 0 Å². The standard InChI is InChI=1S/C10H7Cl2N5O4.C10H9Cl2N5O2/c11-4-1-2-6(5(12)3-4)21-9-7(17(19)20)8(13)16(18)10(14)15-9;11-4-1-2-6(5(12)3-4)19-9-7(13)8(14)17(18)10(15)16-9/h1-3,13,18H,(H2,14,15);1-3,14,18H,13H2,(H2,15,16). The van der Waals surface area contributed by atoms with E-state index in [9.17, 15) is 20.5 Å². The Kier molecular flexibility index (Phi) is 9.00. The van der Waals surface area contributed by atoms with Crippen LogP contribution < -0.4 is 37.7 Å². The van der Waals surface area contributed by atoms with Gasteiger partial charge in [0.1, 0.15) is 17.2 Å². The molecule has 0 fully saturated rings. The minimum absolute atomic E-state index is 0.0335. The van der Waals surface area contributed by atoms with E-state index in [0.29, 0.717) is 14.8 Å². The third kappa shape index (κ3) is 6.49. The molecule has 4 rings (SSSR count). The van der Waals surface area contributed by atoms with Crippen LogP contribution in [0.4, 0.5) is 23.3 Å². The highest BCUT2D eigenvalue weighted by Gasteiger charge is 2.25. The second kappa shape index (κ2) is 12.0. The Bertz CT molecular complexity index is 1750. The lowest BCUT2D eigenvalue weighted by Gasteiger charge is -2.11. The molecule has 210 valence electrons. The summed E-state index contributed by atoms with van der Waals surface area (Å²) in [6.45, 7) is 0. The van der Waals surface area contributed by atoms with Crippen molar-refractivity contribution < 1.29 is 24.8 Å². The van der Waals surface area contributed by atoms with Gasteiger partial charge in [-0.3, -0.25) is 20.9 Å². The van der Waals surface area contributed by atoms with Crippen molar-refractivity contribution in [1.82, 2.24) is 19.4 Å². The van der Waals surface area contributed by atoms with Gasteiger partial charge in [-0.25, -0.2) is 0 Å². The van der Waals surface area contributed by atoms with Crippen molar-refractivity contribution in [2.75, 3.05) is 17.2 Å². The smallest absolute Gasteiger partial charge is 0.376 e. The number of anilines is 3. The second-order valence-corrected chi connectivity index (χ2v) is 8.93. The fourth-order valence-electron chi connectivity index (χ4n) is 2.70. The van der Waals surface area contributed by atoms with Crippen LogP contribution in [0, 0.1) is 20.9 Å². The Morgan fingerprint density at radius 2 is 1.23 bits per heavy atom. The van der Waals surface area contributed by atoms with Gasteiger partial charge in [0, 0.05) is 10.0 Å². The second-order valence-electron chi connectivity index (χ2n) is 7.24. The summed E-state index contributed by atoms with van der Waals surface area (Å²) in [5.41, 5.74) is 14.0. The first-order valence-electron chi connectivity index (χ1n) is 10.2. The largest absolute Gasteiger partial charge is 0.435 e. The maximum atomic E-state index is 11.0. The Labute approximate surface area is 242 Å². The third-order valence-electron chi connectivity index (χ3n) is 4.59. The molecule has 16 nitrogen and oxygen atoms in total. The monoisotopic (exact) mass is 632 g/mol. The van der Waals surface area contributed by atoms with E-state index in [1.165, 1.54) is 30.3 Å². The van der Waals surface area contributed by atoms with Crippen LogP contribution in [-0.2, 0) is 0 Å². The van der Waals surface area contributed by atoms with Crippen molar-refractivity contribution in [3.63, 3.8) is 0 Å². The van der Waals surface area contributed by atoms with E-state index in [2.05, 4.69) is 9.97 Å². The Hall–Kier alpha value is -4.64. The molecule has 4 aromatic rings. The number of nitrogens with zero attached hydrogens (tertiary/aromatic N) is 5. The van der Waals surface area contributed by atoms with Crippen molar-refractivity contribution >= 4 is 69.7 Å². The van der Waals surface area contributed by atoms with E-state index in [1.54, 1.807) is 6.07 Å². The zero-order chi connectivity index (χ0) is 29.9. The quantitative estimate of drug-likeness (QED) is 0.0935. The van der Waals surface area contributed by atoms with Crippen molar-refractivity contribution in [1.29, 1.82) is 10.8 Å². The average Bonchev–Trinajstić information content (AvgIpc) is 2.88. The minimum Gasteiger partial charge on any atom is -0.435 e. The molecule has 40 heavy (non-hydrogen) atoms. The maximum absolute atomic E-state index is 11.0. The normalized spacial score (nSPS) is 10.4. The molecule has 0 aliphatic heterocycles. The number of nitrogens with one attached hydrogen (secondary N) is 2. The summed E-state index contributed by atoms with van der Waals surface area (Å²) in [5, 5.41) is 45.8. The Morgan fingerprint density at radius 3 is 1.68 bits per heavy atom. The molecule has 0 saturated heterocycles. The van der Waals surface area contributed by atoms with Gasteiger partial charge in [-0.15, -0.1) is 9.46 Å². The molecule has 2 heterocycles. The highest BCUT2D eigenvalue weighted by molar-refractivity contribution is 6.36. The number of rotatable bonds is 5. The molecular weight excluding hydrogens is 618 g/mol. The molecule has 0 bridgehead atoms. The van der Waals surface area contributed by atoms with Crippen molar-refractivity contribution in [2.45, 2.75) is 0 Å². The molecule has 10 N–H and O–H groups in total. The minimum atomic E-state index is -0.930. The van der Waals surface area contributed by atoms with Gasteiger partial charge in [0.05, 0.1) is 15.0 Å². The van der Waals surface area contributed by atoms with Crippen LogP contribution in [0.25, 0.3) is 0 Å². The summed E-state index contributed by atoms with van der Waals surface area (Å²) in [4.78, 5) is 17.3. The molecule has 2 aromatic heterocycles. The third-order valence-corrected chi connectivity index (χ3v) is 5.65. The van der Waals surface area contributed by atoms with Crippen molar-refractivity contribution in [3.05, 3.63) is 77.6 Å². The van der Waals surface area contributed by atoms with Crippen LogP contribution in [0.2, 0.25) is 20.1 Å². The maximum Gasteiger partial charge on any atom is 0.376 e. The molecule has 20 heteroatoms. The van der Waals surface area contributed by atoms with E-state index in [-0.39, 0.29) is 43.8 Å². The van der Waals surface area contributed by atoms with Crippen molar-refractivity contribution in [2.24, 2.45) is 0 Å². The lowest BCUT2D eigenvalue weighted by molar-refractivity contribution is -0.388. The first-order chi connectivity index (χ1) is 18.7. The van der Waals surface area contributed by atoms with E-state index < -0.39 is 33.4 Å². The summed E-state index contributed by atoms with van der Waals surface area (Å²) in [5.74, 6) is -1.30. The molecule has 0 radical (unpaired) electrons. The van der Waals surface area contributed by atoms with Crippen LogP contribution in [-0.4, -0.2) is 34.8 Å². The highest BCUT2D eigenvalue weighted by Crippen LogP contribution is 2.34. The number of nitrogens with two attached hydrogens (primary N) is 3. The van der Waals surface area contributed by atoms with Gasteiger partial charge in [-0.1, -0.05) is 46.4 Å². The zero-order valence-corrected chi connectivity index (χ0v) is 22.5. The van der Waals surface area contributed by atoms with Crippen LogP contribution in [0.5, 0.6) is 23.3 Å². The lowest BCUT2D eigenvalue weighted by atomic mass is 10.3. The Morgan fingerprint density at radius 1 is 0.800 bits per heavy atom. The number of hydrogen-bond acceptors (Lipinski definition) is 13. The predicted molar refractivity (Wildman–Crippen MR) is 143 cm³/mol. The van der Waals surface area contributed by atoms with Gasteiger partial charge < -0.3 is 37.1 Å². The first-order valence-corrected chi connectivity index (χ1v) is 11.7. The molecule has 0 aliphatic carbocycles. The van der Waals surface area contributed by atoms with E-state index in [4.69, 9.17) is 83.9 Å². The van der Waals surface area contributed by atoms with Gasteiger partial charge in [0.25, 0.3) is 0 Å². The zero-order valence-electron chi connectivity index (χ0n) is 19.5. The number of ether oxygens (including phenoxy) is 2. The van der Waals surface area contributed by atoms with Gasteiger partial charge in [-0.2, -0.15) is 9.97 Å². The summed E-state index contributed by atoms with van der Waals surface area (Å²) in [6.07, 6.45) is 0. The molecule has 0 aliphatic rings. The van der Waals surface area contributed by atoms with Gasteiger partial charge >= 0.3 is 11.6 Å². The number of benzene rings is 2. The topological polar surface area (TPSA) is 263 Å². The number of nitro groups is 1. The molecule has 0 spiro atoms. The fraction of sp³-hybridized carbons (Fsp3) is 0. The molecule has 0 amide bonds. The van der Waals surface area contributed by atoms with Crippen LogP contribution >= 0.6 is 46.4 Å². The fourth-order valence-corrected chi connectivity index (χ4v) is 3.59. The highest BCUT2D eigenvalue weighted by atomic mass is 35.5. The number of hydrogen-bond donors (Lipinski definition) is 7. The van der Waals surface area contributed by atoms with Crippen LogP contribution in [0.3, 0.4) is 0 Å². The number of aromatic nitrogens is 4. The first kappa shape index (κ1) is 29.9. The molecular formula is C20H16Cl4N10O6. The molecule has 0 unspecified atom stereocenters. The van der Waals surface area contributed by atoms with Gasteiger partial charge in [0.15, 0.2) is 5.49 Å². The molecule has 0 saturated carbocycles. The average molecular weight is 634 g/mol. The lowest BCUT2D eigenvalue weighted by Crippen LogP contribution is -2.25. The SMILES string of the molecule is N=c1c(N)c(Oc2ccc(Cl)cc2Cl)nc(N)n1O.N=c1c([N+](=O)[O-])c(Oc2ccc(Cl)cc2Cl)nc(N)n1O. The van der Waals surface area contributed by atoms with Gasteiger partial charge in [0.2, 0.25) is 23.3 Å². The summed E-state index contributed by atoms with van der Waals surface area (Å²) in [6, 6.07) is 8.76. The number of halogens is 4. The van der Waals surface area contributed by atoms with E-state index >= 15 is 0 Å². The molecule has 0 atom stereocenters. The van der Waals surface area contributed by atoms with Crippen LogP contribution in [0.15, 0.2) is 36.4 Å². The Balaban J connectivity index is 0.000000222. The summed E-state index contributed by atoms with van der Waals surface area (Å²) < 4.78 is 11.0. The molecule has 2 aromatic carbocycles. The van der Waals surface area contributed by atoms with Crippen molar-refractivity contribution in [3.8, 4) is 23.3 Å². The number of nitrogen functional groups attached to an aromatic ring is 3. The summed E-state index contributed by atoms with van der Waals surface area (Å²) >= 11 is 23.3. The van der Waals surface area contributed by atoms with Crippen LogP contribution in [0.1, 0.15) is 0 Å². The van der Waals surface area contributed by atoms with E-state index in [0.717, 1.165) is 0 Å². The summed E-state index contributed by atoms with van der Waals surface area (Å²) in [7, 11) is 0. The van der Waals surface area contributed by atoms with Gasteiger partial charge in [-0.05, 0) is 36.4 Å².